The van der Waals surface area contributed by atoms with E-state index in [4.69, 9.17) is 4.74 Å². The van der Waals surface area contributed by atoms with E-state index < -0.39 is 0 Å². The van der Waals surface area contributed by atoms with Gasteiger partial charge in [0, 0.05) is 25.8 Å². The smallest absolute Gasteiger partial charge is 0.165 e. The molecule has 0 spiro atoms. The zero-order chi connectivity index (χ0) is 17.1. The van der Waals surface area contributed by atoms with Crippen molar-refractivity contribution in [3.63, 3.8) is 0 Å². The van der Waals surface area contributed by atoms with Gasteiger partial charge in [0.25, 0.3) is 0 Å². The van der Waals surface area contributed by atoms with Crippen molar-refractivity contribution >= 4 is 0 Å². The maximum Gasteiger partial charge on any atom is 0.165 e. The van der Waals surface area contributed by atoms with Gasteiger partial charge < -0.3 is 4.74 Å². The lowest BCUT2D eigenvalue weighted by Crippen LogP contribution is -2.27. The topological polar surface area (TPSA) is 56.1 Å². The van der Waals surface area contributed by atoms with Gasteiger partial charge in [-0.05, 0) is 66.3 Å². The van der Waals surface area contributed by atoms with Gasteiger partial charge in [0.1, 0.15) is 5.82 Å². The molecular formula is C18H24FN5O. The van der Waals surface area contributed by atoms with Crippen LogP contribution in [0.4, 0.5) is 4.39 Å². The molecule has 2 aliphatic heterocycles. The summed E-state index contributed by atoms with van der Waals surface area (Å²) in [5.41, 5.74) is 1.04. The summed E-state index contributed by atoms with van der Waals surface area (Å²) in [4.78, 5) is 2.36. The summed E-state index contributed by atoms with van der Waals surface area (Å²) in [6.07, 6.45) is 4.29. The van der Waals surface area contributed by atoms with Gasteiger partial charge in [-0.1, -0.05) is 12.1 Å². The van der Waals surface area contributed by atoms with Crippen LogP contribution in [0, 0.1) is 11.7 Å². The molecule has 0 saturated carbocycles. The summed E-state index contributed by atoms with van der Waals surface area (Å²) in [5.74, 6) is 1.30. The number of ether oxygens (including phenoxy) is 1. The fourth-order valence-corrected chi connectivity index (χ4v) is 3.94. The molecule has 0 amide bonds. The molecule has 0 N–H and O–H groups in total. The molecule has 0 bridgehead atoms. The molecule has 0 radical (unpaired) electrons. The average Bonchev–Trinajstić information content (AvgIpc) is 3.26. The number of tetrazole rings is 1. The Hall–Kier alpha value is -1.86. The van der Waals surface area contributed by atoms with Crippen molar-refractivity contribution < 1.29 is 9.13 Å². The number of likely N-dealkylation sites (tertiary alicyclic amines) is 1. The van der Waals surface area contributed by atoms with Crippen LogP contribution in [0.2, 0.25) is 0 Å². The van der Waals surface area contributed by atoms with Crippen molar-refractivity contribution in [3.05, 3.63) is 41.5 Å². The van der Waals surface area contributed by atoms with Crippen molar-refractivity contribution in [2.45, 2.75) is 44.8 Å². The summed E-state index contributed by atoms with van der Waals surface area (Å²) < 4.78 is 21.0. The molecule has 25 heavy (non-hydrogen) atoms. The van der Waals surface area contributed by atoms with Gasteiger partial charge >= 0.3 is 0 Å². The lowest BCUT2D eigenvalue weighted by molar-refractivity contribution is 0.0593. The molecule has 2 aliphatic rings. The van der Waals surface area contributed by atoms with E-state index in [0.29, 0.717) is 12.5 Å². The number of hydrogen-bond acceptors (Lipinski definition) is 5. The predicted molar refractivity (Wildman–Crippen MR) is 90.1 cm³/mol. The second kappa shape index (κ2) is 7.58. The maximum atomic E-state index is 13.6. The Morgan fingerprint density at radius 3 is 2.92 bits per heavy atom. The van der Waals surface area contributed by atoms with Gasteiger partial charge in [-0.2, -0.15) is 0 Å². The Kier molecular flexibility index (Phi) is 5.03. The summed E-state index contributed by atoms with van der Waals surface area (Å²) in [7, 11) is 0. The van der Waals surface area contributed by atoms with Crippen LogP contribution in [0.15, 0.2) is 24.3 Å². The lowest BCUT2D eigenvalue weighted by atomic mass is 10.0. The Morgan fingerprint density at radius 2 is 2.08 bits per heavy atom. The van der Waals surface area contributed by atoms with Crippen LogP contribution >= 0.6 is 0 Å². The summed E-state index contributed by atoms with van der Waals surface area (Å²) in [6, 6.07) is 7.18. The molecule has 1 aromatic heterocycles. The van der Waals surface area contributed by atoms with Crippen molar-refractivity contribution in [2.24, 2.45) is 5.92 Å². The first-order valence-electron chi connectivity index (χ1n) is 9.12. The zero-order valence-electron chi connectivity index (χ0n) is 14.4. The van der Waals surface area contributed by atoms with Crippen molar-refractivity contribution in [1.29, 1.82) is 0 Å². The third kappa shape index (κ3) is 3.88. The highest BCUT2D eigenvalue weighted by molar-refractivity contribution is 5.21. The van der Waals surface area contributed by atoms with Crippen molar-refractivity contribution in [2.75, 3.05) is 19.8 Å². The van der Waals surface area contributed by atoms with E-state index in [0.717, 1.165) is 63.4 Å². The number of halogens is 1. The van der Waals surface area contributed by atoms with Crippen LogP contribution in [0.3, 0.4) is 0 Å². The molecule has 2 fully saturated rings. The fourth-order valence-electron chi connectivity index (χ4n) is 3.94. The van der Waals surface area contributed by atoms with Crippen LogP contribution < -0.4 is 0 Å². The molecular weight excluding hydrogens is 321 g/mol. The molecule has 4 rings (SSSR count). The van der Waals surface area contributed by atoms with Crippen molar-refractivity contribution in [1.82, 2.24) is 25.1 Å². The first-order chi connectivity index (χ1) is 12.3. The molecule has 1 atom stereocenters. The molecule has 0 unspecified atom stereocenters. The van der Waals surface area contributed by atoms with Gasteiger partial charge in [0.15, 0.2) is 5.82 Å². The quantitative estimate of drug-likeness (QED) is 0.834. The Labute approximate surface area is 147 Å². The fraction of sp³-hybridized carbons (Fsp3) is 0.611. The van der Waals surface area contributed by atoms with E-state index in [-0.39, 0.29) is 11.9 Å². The highest BCUT2D eigenvalue weighted by Gasteiger charge is 2.28. The Morgan fingerprint density at radius 1 is 1.20 bits per heavy atom. The normalized spacial score (nSPS) is 22.5. The highest BCUT2D eigenvalue weighted by atomic mass is 19.1. The SMILES string of the molecule is Fc1cccc([C@H]2CCCN2Cc2nnnn2CC2CCOCC2)c1. The van der Waals surface area contributed by atoms with Crippen LogP contribution in [0.1, 0.15) is 43.1 Å². The van der Waals surface area contributed by atoms with E-state index >= 15 is 0 Å². The first kappa shape index (κ1) is 16.6. The maximum absolute atomic E-state index is 13.6. The third-order valence-electron chi connectivity index (χ3n) is 5.32. The number of hydrogen-bond donors (Lipinski definition) is 0. The van der Waals surface area contributed by atoms with Gasteiger partial charge in [0.2, 0.25) is 0 Å². The van der Waals surface area contributed by atoms with E-state index in [1.807, 2.05) is 10.7 Å². The molecule has 7 heteroatoms. The standard InChI is InChI=1S/C18H24FN5O/c19-16-4-1-3-15(11-16)17-5-2-8-23(17)13-18-20-21-22-24(18)12-14-6-9-25-10-7-14/h1,3-4,11,14,17H,2,5-10,12-13H2/t17-/m1/s1. The molecule has 134 valence electrons. The van der Waals surface area contributed by atoms with Crippen LogP contribution in [-0.2, 0) is 17.8 Å². The van der Waals surface area contributed by atoms with Crippen molar-refractivity contribution in [3.8, 4) is 0 Å². The van der Waals surface area contributed by atoms with Gasteiger partial charge in [-0.25, -0.2) is 9.07 Å². The highest BCUT2D eigenvalue weighted by Crippen LogP contribution is 2.33. The number of benzene rings is 1. The van der Waals surface area contributed by atoms with E-state index in [2.05, 4.69) is 20.4 Å². The average molecular weight is 345 g/mol. The second-order valence-corrected chi connectivity index (χ2v) is 7.02. The number of nitrogens with zero attached hydrogens (tertiary/aromatic N) is 5. The summed E-state index contributed by atoms with van der Waals surface area (Å²) in [6.45, 7) is 4.21. The third-order valence-corrected chi connectivity index (χ3v) is 5.32. The minimum atomic E-state index is -0.172. The minimum Gasteiger partial charge on any atom is -0.381 e. The number of rotatable bonds is 5. The monoisotopic (exact) mass is 345 g/mol. The van der Waals surface area contributed by atoms with Crippen LogP contribution in [-0.4, -0.2) is 44.9 Å². The molecule has 1 aromatic carbocycles. The Balaban J connectivity index is 1.45. The number of aromatic nitrogens is 4. The summed E-state index contributed by atoms with van der Waals surface area (Å²) in [5, 5.41) is 12.3. The minimum absolute atomic E-state index is 0.172. The van der Waals surface area contributed by atoms with Gasteiger partial charge in [-0.15, -0.1) is 5.10 Å². The molecule has 3 heterocycles. The van der Waals surface area contributed by atoms with Gasteiger partial charge in [0.05, 0.1) is 6.54 Å². The molecule has 2 aromatic rings. The lowest BCUT2D eigenvalue weighted by Gasteiger charge is -2.25. The van der Waals surface area contributed by atoms with Gasteiger partial charge in [-0.3, -0.25) is 4.90 Å². The summed E-state index contributed by atoms with van der Waals surface area (Å²) >= 11 is 0. The van der Waals surface area contributed by atoms with E-state index in [1.54, 1.807) is 12.1 Å². The molecule has 0 aliphatic carbocycles. The van der Waals surface area contributed by atoms with Crippen LogP contribution in [0.5, 0.6) is 0 Å². The first-order valence-corrected chi connectivity index (χ1v) is 9.12. The second-order valence-electron chi connectivity index (χ2n) is 7.02. The van der Waals surface area contributed by atoms with Crippen LogP contribution in [0.25, 0.3) is 0 Å². The predicted octanol–water partition coefficient (Wildman–Crippen LogP) is 2.58. The largest absolute Gasteiger partial charge is 0.381 e. The Bertz CT molecular complexity index is 700. The molecule has 6 nitrogen and oxygen atoms in total. The van der Waals surface area contributed by atoms with E-state index in [1.165, 1.54) is 6.07 Å². The molecule has 2 saturated heterocycles. The van der Waals surface area contributed by atoms with E-state index in [9.17, 15) is 4.39 Å². The zero-order valence-corrected chi connectivity index (χ0v) is 14.4.